The van der Waals surface area contributed by atoms with Crippen molar-refractivity contribution in [2.75, 3.05) is 7.05 Å². The number of aromatic hydroxyl groups is 1. The average molecular weight is 440 g/mol. The molecule has 2 aliphatic heterocycles. The molecule has 5 rings (SSSR count). The van der Waals surface area contributed by atoms with Gasteiger partial charge in [-0.05, 0) is 50.9 Å². The van der Waals surface area contributed by atoms with Crippen molar-refractivity contribution in [2.24, 2.45) is 11.8 Å². The predicted molar refractivity (Wildman–Crippen MR) is 121 cm³/mol. The van der Waals surface area contributed by atoms with E-state index >= 15 is 0 Å². The van der Waals surface area contributed by atoms with Crippen LogP contribution in [0.25, 0.3) is 16.3 Å². The molecular weight excluding hydrogens is 410 g/mol. The summed E-state index contributed by atoms with van der Waals surface area (Å²) >= 11 is 1.38. The molecule has 0 saturated carbocycles. The molecule has 5 atom stereocenters. The highest BCUT2D eigenvalue weighted by atomic mass is 32.1. The quantitative estimate of drug-likeness (QED) is 0.654. The van der Waals surface area contributed by atoms with Gasteiger partial charge in [0.2, 0.25) is 0 Å². The second-order valence-corrected chi connectivity index (χ2v) is 10.3. The Labute approximate surface area is 186 Å². The van der Waals surface area contributed by atoms with Crippen molar-refractivity contribution < 1.29 is 9.84 Å². The average Bonchev–Trinajstić information content (AvgIpc) is 3.39. The summed E-state index contributed by atoms with van der Waals surface area (Å²) in [7, 11) is 2.25. The largest absolute Gasteiger partial charge is 0.507 e. The molecule has 1 N–H and O–H groups in total. The maximum Gasteiger partial charge on any atom is 0.294 e. The summed E-state index contributed by atoms with van der Waals surface area (Å²) in [5.74, 6) is 1.44. The predicted octanol–water partition coefficient (Wildman–Crippen LogP) is 4.29. The van der Waals surface area contributed by atoms with Gasteiger partial charge in [-0.25, -0.2) is 4.68 Å². The third-order valence-corrected chi connectivity index (χ3v) is 8.55. The summed E-state index contributed by atoms with van der Waals surface area (Å²) in [6.07, 6.45) is 4.01. The van der Waals surface area contributed by atoms with Crippen LogP contribution in [0.1, 0.15) is 39.3 Å². The second-order valence-electron chi connectivity index (χ2n) is 9.34. The number of phenolic OH excluding ortho intramolecular Hbond substituents is 1. The number of aryl methyl sites for hydroxylation is 1. The fourth-order valence-electron chi connectivity index (χ4n) is 5.47. The van der Waals surface area contributed by atoms with Gasteiger partial charge >= 0.3 is 0 Å². The van der Waals surface area contributed by atoms with E-state index in [9.17, 15) is 5.11 Å². The first-order valence-electron chi connectivity index (χ1n) is 10.9. The summed E-state index contributed by atoms with van der Waals surface area (Å²) in [4.78, 5) is 2.55. The first-order chi connectivity index (χ1) is 14.8. The number of ether oxygens (including phenoxy) is 1. The first kappa shape index (κ1) is 20.5. The molecule has 0 radical (unpaired) electrons. The van der Waals surface area contributed by atoms with E-state index in [2.05, 4.69) is 48.0 Å². The van der Waals surface area contributed by atoms with Gasteiger partial charge in [-0.2, -0.15) is 5.10 Å². The van der Waals surface area contributed by atoms with Crippen LogP contribution in [-0.2, 0) is 0 Å². The van der Waals surface area contributed by atoms with Crippen molar-refractivity contribution in [1.29, 1.82) is 0 Å². The number of fused-ring (bicyclic) bond motifs is 2. The van der Waals surface area contributed by atoms with Gasteiger partial charge in [0.1, 0.15) is 11.9 Å². The first-order valence-corrected chi connectivity index (χ1v) is 11.7. The molecule has 0 spiro atoms. The van der Waals surface area contributed by atoms with E-state index in [1.165, 1.54) is 11.3 Å². The lowest BCUT2D eigenvalue weighted by atomic mass is 9.81. The molecule has 0 amide bonds. The van der Waals surface area contributed by atoms with Crippen LogP contribution < -0.4 is 4.74 Å². The Balaban J connectivity index is 1.33. The van der Waals surface area contributed by atoms with Crippen molar-refractivity contribution >= 4 is 11.3 Å². The summed E-state index contributed by atoms with van der Waals surface area (Å²) in [5, 5.41) is 24.8. The molecular formula is C23H29N5O2S. The highest BCUT2D eigenvalue weighted by Crippen LogP contribution is 2.50. The van der Waals surface area contributed by atoms with E-state index in [0.717, 1.165) is 24.2 Å². The van der Waals surface area contributed by atoms with Crippen molar-refractivity contribution in [3.63, 3.8) is 0 Å². The molecule has 7 nitrogen and oxygen atoms in total. The van der Waals surface area contributed by atoms with E-state index in [-0.39, 0.29) is 17.4 Å². The molecule has 0 aliphatic carbocycles. The van der Waals surface area contributed by atoms with Crippen LogP contribution in [0.2, 0.25) is 0 Å². The maximum absolute atomic E-state index is 10.6. The normalized spacial score (nSPS) is 30.6. The van der Waals surface area contributed by atoms with Crippen LogP contribution in [0.5, 0.6) is 10.9 Å². The summed E-state index contributed by atoms with van der Waals surface area (Å²) < 4.78 is 8.05. The van der Waals surface area contributed by atoms with Gasteiger partial charge in [-0.1, -0.05) is 30.3 Å². The summed E-state index contributed by atoms with van der Waals surface area (Å²) in [6, 6.07) is 7.93. The van der Waals surface area contributed by atoms with Crippen molar-refractivity contribution in [3.05, 3.63) is 36.2 Å². The molecule has 2 aromatic heterocycles. The van der Waals surface area contributed by atoms with Gasteiger partial charge in [0.05, 0.1) is 16.9 Å². The van der Waals surface area contributed by atoms with Crippen LogP contribution in [-0.4, -0.2) is 54.7 Å². The van der Waals surface area contributed by atoms with Crippen molar-refractivity contribution in [3.8, 4) is 27.2 Å². The zero-order valence-corrected chi connectivity index (χ0v) is 19.4. The lowest BCUT2D eigenvalue weighted by molar-refractivity contribution is 0.00537. The van der Waals surface area contributed by atoms with Gasteiger partial charge in [0.25, 0.3) is 5.19 Å². The van der Waals surface area contributed by atoms with Gasteiger partial charge in [-0.15, -0.1) is 5.10 Å². The molecule has 4 heterocycles. The molecule has 164 valence electrons. The number of rotatable bonds is 4. The standard InChI is InChI=1S/C23H29N5O2S/c1-13-8-9-28(26-13)16-6-7-18(20(29)10-16)21-24-25-22(31-21)30-17-11-19-14(2)15(3)23(4,12-17)27(19)5/h6-10,14-15,17,19,29H,11-12H2,1-5H3. The highest BCUT2D eigenvalue weighted by Gasteiger charge is 2.55. The van der Waals surface area contributed by atoms with Gasteiger partial charge in [-0.3, -0.25) is 4.90 Å². The van der Waals surface area contributed by atoms with E-state index in [1.807, 2.05) is 31.3 Å². The Bertz CT molecular complexity index is 1110. The van der Waals surface area contributed by atoms with Gasteiger partial charge < -0.3 is 9.84 Å². The lowest BCUT2D eigenvalue weighted by Gasteiger charge is -2.44. The number of phenols is 1. The smallest absolute Gasteiger partial charge is 0.294 e. The van der Waals surface area contributed by atoms with Crippen LogP contribution in [0, 0.1) is 18.8 Å². The Kier molecular flexibility index (Phi) is 4.82. The SMILES string of the molecule is Cc1ccn(-c2ccc(-c3nnc(OC4CC5C(C)C(C)C(C)(C4)N5C)s3)c(O)c2)n1. The fourth-order valence-corrected chi connectivity index (χ4v) is 6.26. The topological polar surface area (TPSA) is 76.3 Å². The minimum Gasteiger partial charge on any atom is -0.507 e. The molecule has 2 bridgehead atoms. The molecule has 1 aromatic carbocycles. The Morgan fingerprint density at radius 2 is 2.03 bits per heavy atom. The summed E-state index contributed by atoms with van der Waals surface area (Å²) in [6.45, 7) is 9.02. The van der Waals surface area contributed by atoms with Crippen LogP contribution in [0.15, 0.2) is 30.5 Å². The minimum absolute atomic E-state index is 0.137. The molecule has 2 saturated heterocycles. The third kappa shape index (κ3) is 3.32. The maximum atomic E-state index is 10.6. The number of piperidine rings is 1. The third-order valence-electron chi connectivity index (χ3n) is 7.70. The molecule has 2 fully saturated rings. The zero-order valence-electron chi connectivity index (χ0n) is 18.6. The van der Waals surface area contributed by atoms with Crippen molar-refractivity contribution in [1.82, 2.24) is 24.9 Å². The number of nitrogens with zero attached hydrogens (tertiary/aromatic N) is 5. The Morgan fingerprint density at radius 1 is 1.23 bits per heavy atom. The number of hydrogen-bond acceptors (Lipinski definition) is 7. The Hall–Kier alpha value is -2.45. The molecule has 5 unspecified atom stereocenters. The van der Waals surface area contributed by atoms with E-state index in [4.69, 9.17) is 4.74 Å². The number of hydrogen-bond donors (Lipinski definition) is 1. The minimum atomic E-state index is 0.137. The van der Waals surface area contributed by atoms with Crippen molar-refractivity contribution in [2.45, 2.75) is 58.2 Å². The van der Waals surface area contributed by atoms with Gasteiger partial charge in [0, 0.05) is 36.7 Å². The molecule has 31 heavy (non-hydrogen) atoms. The molecule has 3 aromatic rings. The second kappa shape index (κ2) is 7.31. The van der Waals surface area contributed by atoms with Crippen LogP contribution >= 0.6 is 11.3 Å². The van der Waals surface area contributed by atoms with E-state index in [1.54, 1.807) is 10.7 Å². The highest BCUT2D eigenvalue weighted by molar-refractivity contribution is 7.16. The van der Waals surface area contributed by atoms with E-state index < -0.39 is 0 Å². The number of aromatic nitrogens is 4. The van der Waals surface area contributed by atoms with Crippen LogP contribution in [0.4, 0.5) is 0 Å². The van der Waals surface area contributed by atoms with Gasteiger partial charge in [0.15, 0.2) is 5.01 Å². The Morgan fingerprint density at radius 3 is 2.71 bits per heavy atom. The zero-order chi connectivity index (χ0) is 21.9. The van der Waals surface area contributed by atoms with E-state index in [0.29, 0.717) is 33.6 Å². The lowest BCUT2D eigenvalue weighted by Crippen LogP contribution is -2.53. The van der Waals surface area contributed by atoms with Crippen LogP contribution in [0.3, 0.4) is 0 Å². The monoisotopic (exact) mass is 439 g/mol. The molecule has 2 aliphatic rings. The summed E-state index contributed by atoms with van der Waals surface area (Å²) in [5.41, 5.74) is 2.53. The molecule has 8 heteroatoms. The number of benzene rings is 1. The fraction of sp³-hybridized carbons (Fsp3) is 0.522.